The summed E-state index contributed by atoms with van der Waals surface area (Å²) in [5.41, 5.74) is 1.78. The summed E-state index contributed by atoms with van der Waals surface area (Å²) in [5.74, 6) is 1.16. The number of rotatable bonds is 6. The van der Waals surface area contributed by atoms with Crippen molar-refractivity contribution in [2.45, 2.75) is 11.3 Å². The monoisotopic (exact) mass is 470 g/mol. The van der Waals surface area contributed by atoms with Crippen LogP contribution in [0.25, 0.3) is 10.2 Å². The fourth-order valence-electron chi connectivity index (χ4n) is 2.08. The van der Waals surface area contributed by atoms with E-state index in [0.29, 0.717) is 12.4 Å². The zero-order valence-corrected chi connectivity index (χ0v) is 16.7. The fraction of sp³-hybridized carbons (Fsp3) is 0.176. The number of amides is 1. The molecular formula is C17H15IN2O2S2. The molecule has 1 N–H and O–H groups in total. The number of nitrogens with zero attached hydrogens (tertiary/aromatic N) is 1. The Bertz CT molecular complexity index is 867. The number of thioether (sulfide) groups is 1. The van der Waals surface area contributed by atoms with Gasteiger partial charge in [0.15, 0.2) is 4.34 Å². The van der Waals surface area contributed by atoms with E-state index in [2.05, 4.69) is 32.9 Å². The number of carbonyl (C=O) groups is 1. The summed E-state index contributed by atoms with van der Waals surface area (Å²) in [6.45, 7) is 2.61. The standard InChI is InChI=1S/C17H15IN2O2S2/c1-2-22-11-7-8-14-15(9-11)24-17(20-14)23-10-16(21)19-13-6-4-3-5-12(13)18/h3-9H,2,10H2,1H3,(H,19,21). The zero-order valence-electron chi connectivity index (χ0n) is 12.9. The maximum absolute atomic E-state index is 12.1. The predicted octanol–water partition coefficient (Wildman–Crippen LogP) is 5.03. The second kappa shape index (κ2) is 8.17. The van der Waals surface area contributed by atoms with Gasteiger partial charge < -0.3 is 10.1 Å². The van der Waals surface area contributed by atoms with Gasteiger partial charge in [0.1, 0.15) is 5.75 Å². The average molecular weight is 470 g/mol. The molecule has 0 saturated carbocycles. The molecule has 3 aromatic rings. The number of halogens is 1. The molecule has 2 aromatic carbocycles. The van der Waals surface area contributed by atoms with Gasteiger partial charge in [0, 0.05) is 3.57 Å². The molecule has 0 aliphatic carbocycles. The van der Waals surface area contributed by atoms with Crippen molar-refractivity contribution in [3.8, 4) is 5.75 Å². The second-order valence-electron chi connectivity index (χ2n) is 4.86. The molecule has 1 aromatic heterocycles. The molecule has 24 heavy (non-hydrogen) atoms. The number of hydrogen-bond donors (Lipinski definition) is 1. The lowest BCUT2D eigenvalue weighted by atomic mass is 10.3. The van der Waals surface area contributed by atoms with Crippen LogP contribution in [0.2, 0.25) is 0 Å². The van der Waals surface area contributed by atoms with Crippen molar-refractivity contribution in [2.75, 3.05) is 17.7 Å². The highest BCUT2D eigenvalue weighted by Gasteiger charge is 2.10. The Hall–Kier alpha value is -1.32. The van der Waals surface area contributed by atoms with Crippen molar-refractivity contribution in [2.24, 2.45) is 0 Å². The van der Waals surface area contributed by atoms with Crippen LogP contribution in [-0.4, -0.2) is 23.3 Å². The third kappa shape index (κ3) is 4.40. The average Bonchev–Trinajstić information content (AvgIpc) is 2.98. The van der Waals surface area contributed by atoms with Crippen LogP contribution in [0.5, 0.6) is 5.75 Å². The summed E-state index contributed by atoms with van der Waals surface area (Å²) in [7, 11) is 0. The summed E-state index contributed by atoms with van der Waals surface area (Å²) in [6, 6.07) is 13.6. The van der Waals surface area contributed by atoms with E-state index >= 15 is 0 Å². The van der Waals surface area contributed by atoms with E-state index in [9.17, 15) is 4.79 Å². The molecule has 0 unspecified atom stereocenters. The fourth-order valence-corrected chi connectivity index (χ4v) is 4.50. The first-order valence-corrected chi connectivity index (χ1v) is 10.2. The maximum Gasteiger partial charge on any atom is 0.234 e. The minimum atomic E-state index is -0.0293. The van der Waals surface area contributed by atoms with Crippen molar-refractivity contribution in [1.29, 1.82) is 0 Å². The summed E-state index contributed by atoms with van der Waals surface area (Å²) < 4.78 is 8.49. The van der Waals surface area contributed by atoms with E-state index in [1.54, 1.807) is 11.3 Å². The SMILES string of the molecule is CCOc1ccc2nc(SCC(=O)Nc3ccccc3I)sc2c1. The topological polar surface area (TPSA) is 51.2 Å². The predicted molar refractivity (Wildman–Crippen MR) is 109 cm³/mol. The van der Waals surface area contributed by atoms with Gasteiger partial charge >= 0.3 is 0 Å². The van der Waals surface area contributed by atoms with E-state index in [0.717, 1.165) is 29.6 Å². The van der Waals surface area contributed by atoms with Gasteiger partial charge in [0.2, 0.25) is 5.91 Å². The summed E-state index contributed by atoms with van der Waals surface area (Å²) in [6.07, 6.45) is 0. The zero-order chi connectivity index (χ0) is 16.9. The maximum atomic E-state index is 12.1. The van der Waals surface area contributed by atoms with Crippen LogP contribution in [0.3, 0.4) is 0 Å². The van der Waals surface area contributed by atoms with Gasteiger partial charge in [-0.1, -0.05) is 23.9 Å². The Kier molecular flexibility index (Phi) is 5.96. The summed E-state index contributed by atoms with van der Waals surface area (Å²) in [5, 5.41) is 2.93. The van der Waals surface area contributed by atoms with Crippen molar-refractivity contribution in [3.63, 3.8) is 0 Å². The lowest BCUT2D eigenvalue weighted by Crippen LogP contribution is -2.14. The summed E-state index contributed by atoms with van der Waals surface area (Å²) in [4.78, 5) is 16.7. The number of nitrogens with one attached hydrogen (secondary N) is 1. The molecule has 4 nitrogen and oxygen atoms in total. The highest BCUT2D eigenvalue weighted by atomic mass is 127. The van der Waals surface area contributed by atoms with Crippen LogP contribution in [-0.2, 0) is 4.79 Å². The van der Waals surface area contributed by atoms with Crippen LogP contribution >= 0.6 is 45.7 Å². The Morgan fingerprint density at radius 3 is 2.96 bits per heavy atom. The third-order valence-corrected chi connectivity index (χ3v) is 6.23. The van der Waals surface area contributed by atoms with Crippen molar-refractivity contribution >= 4 is 67.5 Å². The molecule has 0 spiro atoms. The number of benzene rings is 2. The molecule has 1 heterocycles. The molecule has 0 aliphatic rings. The van der Waals surface area contributed by atoms with Crippen molar-refractivity contribution in [3.05, 3.63) is 46.0 Å². The van der Waals surface area contributed by atoms with Crippen LogP contribution in [0.1, 0.15) is 6.92 Å². The Balaban J connectivity index is 1.62. The number of thiazole rings is 1. The lowest BCUT2D eigenvalue weighted by molar-refractivity contribution is -0.113. The van der Waals surface area contributed by atoms with Gasteiger partial charge in [-0.15, -0.1) is 11.3 Å². The van der Waals surface area contributed by atoms with E-state index in [1.807, 2.05) is 49.4 Å². The molecule has 0 fully saturated rings. The number of fused-ring (bicyclic) bond motifs is 1. The number of anilines is 1. The molecule has 0 atom stereocenters. The first kappa shape index (κ1) is 17.5. The van der Waals surface area contributed by atoms with Crippen LogP contribution in [0, 0.1) is 3.57 Å². The van der Waals surface area contributed by atoms with Crippen LogP contribution in [0.15, 0.2) is 46.8 Å². The Morgan fingerprint density at radius 1 is 1.33 bits per heavy atom. The number of ether oxygens (including phenoxy) is 1. The van der Waals surface area contributed by atoms with E-state index in [4.69, 9.17) is 4.74 Å². The Labute approximate surface area is 162 Å². The van der Waals surface area contributed by atoms with Gasteiger partial charge in [-0.25, -0.2) is 4.98 Å². The molecular weight excluding hydrogens is 455 g/mol. The minimum absolute atomic E-state index is 0.0293. The molecule has 0 aliphatic heterocycles. The first-order chi connectivity index (χ1) is 11.7. The van der Waals surface area contributed by atoms with Gasteiger partial charge in [-0.05, 0) is 59.8 Å². The largest absolute Gasteiger partial charge is 0.494 e. The van der Waals surface area contributed by atoms with Crippen molar-refractivity contribution < 1.29 is 9.53 Å². The molecule has 0 bridgehead atoms. The Morgan fingerprint density at radius 2 is 2.17 bits per heavy atom. The number of para-hydroxylation sites is 1. The normalized spacial score (nSPS) is 10.8. The quantitative estimate of drug-likeness (QED) is 0.406. The van der Waals surface area contributed by atoms with Crippen molar-refractivity contribution in [1.82, 2.24) is 4.98 Å². The minimum Gasteiger partial charge on any atom is -0.494 e. The first-order valence-electron chi connectivity index (χ1n) is 7.36. The van der Waals surface area contributed by atoms with Crippen LogP contribution < -0.4 is 10.1 Å². The van der Waals surface area contributed by atoms with Crippen LogP contribution in [0.4, 0.5) is 5.69 Å². The van der Waals surface area contributed by atoms with E-state index in [1.165, 1.54) is 11.8 Å². The molecule has 3 rings (SSSR count). The number of carbonyl (C=O) groups excluding carboxylic acids is 1. The summed E-state index contributed by atoms with van der Waals surface area (Å²) >= 11 is 5.24. The number of hydrogen-bond acceptors (Lipinski definition) is 5. The third-order valence-electron chi connectivity index (χ3n) is 3.13. The molecule has 124 valence electrons. The molecule has 1 amide bonds. The van der Waals surface area contributed by atoms with Gasteiger partial charge in [-0.2, -0.15) is 0 Å². The number of aromatic nitrogens is 1. The van der Waals surface area contributed by atoms with Gasteiger partial charge in [0.05, 0.1) is 28.3 Å². The highest BCUT2D eigenvalue weighted by molar-refractivity contribution is 14.1. The molecule has 7 heteroatoms. The highest BCUT2D eigenvalue weighted by Crippen LogP contribution is 2.32. The smallest absolute Gasteiger partial charge is 0.234 e. The molecule has 0 saturated heterocycles. The second-order valence-corrected chi connectivity index (χ2v) is 8.27. The van der Waals surface area contributed by atoms with E-state index < -0.39 is 0 Å². The van der Waals surface area contributed by atoms with E-state index in [-0.39, 0.29) is 5.91 Å². The van der Waals surface area contributed by atoms with Gasteiger partial charge in [0.25, 0.3) is 0 Å². The lowest BCUT2D eigenvalue weighted by Gasteiger charge is -2.05. The van der Waals surface area contributed by atoms with Gasteiger partial charge in [-0.3, -0.25) is 4.79 Å². The molecule has 0 radical (unpaired) electrons.